The third-order valence-electron chi connectivity index (χ3n) is 5.95. The summed E-state index contributed by atoms with van der Waals surface area (Å²) in [5, 5.41) is 11.1. The molecule has 0 aliphatic carbocycles. The van der Waals surface area contributed by atoms with Crippen LogP contribution in [-0.2, 0) is 20.9 Å². The molecule has 1 aliphatic heterocycles. The van der Waals surface area contributed by atoms with Gasteiger partial charge in [0, 0.05) is 19.2 Å². The third-order valence-corrected chi connectivity index (χ3v) is 5.95. The number of amides is 1. The topological polar surface area (TPSA) is 85.3 Å². The van der Waals surface area contributed by atoms with Crippen LogP contribution in [0.5, 0.6) is 11.5 Å². The average Bonchev–Trinajstić information content (AvgIpc) is 3.16. The zero-order chi connectivity index (χ0) is 25.7. The first-order valence-electron chi connectivity index (χ1n) is 11.3. The van der Waals surface area contributed by atoms with E-state index in [2.05, 4.69) is 0 Å². The minimum Gasteiger partial charge on any atom is -0.507 e. The maximum Gasteiger partial charge on any atom is 0.295 e. The molecule has 3 aromatic carbocycles. The van der Waals surface area contributed by atoms with Gasteiger partial charge in [-0.05, 0) is 41.5 Å². The highest BCUT2D eigenvalue weighted by molar-refractivity contribution is 6.46. The molecule has 1 saturated heterocycles. The SMILES string of the molecule is COCCN1C(=O)C(=O)C(=C(O)c2ccc(OC)c(F)c2)[C@@H]1c1ccc(OCc2ccccc2)cc1. The van der Waals surface area contributed by atoms with Crippen LogP contribution in [0, 0.1) is 5.82 Å². The number of carbonyl (C=O) groups is 2. The molecule has 0 bridgehead atoms. The van der Waals surface area contributed by atoms with E-state index in [0.717, 1.165) is 11.6 Å². The molecule has 1 atom stereocenters. The predicted octanol–water partition coefficient (Wildman–Crippen LogP) is 4.48. The first-order chi connectivity index (χ1) is 17.4. The van der Waals surface area contributed by atoms with Crippen molar-refractivity contribution in [3.05, 3.63) is 101 Å². The van der Waals surface area contributed by atoms with E-state index in [9.17, 15) is 19.1 Å². The predicted molar refractivity (Wildman–Crippen MR) is 131 cm³/mol. The summed E-state index contributed by atoms with van der Waals surface area (Å²) in [6.07, 6.45) is 0. The van der Waals surface area contributed by atoms with E-state index in [1.807, 2.05) is 30.3 Å². The van der Waals surface area contributed by atoms with E-state index in [4.69, 9.17) is 14.2 Å². The van der Waals surface area contributed by atoms with E-state index < -0.39 is 29.3 Å². The summed E-state index contributed by atoms with van der Waals surface area (Å²) in [4.78, 5) is 27.3. The van der Waals surface area contributed by atoms with E-state index in [1.165, 1.54) is 31.3 Å². The van der Waals surface area contributed by atoms with Crippen LogP contribution in [0.3, 0.4) is 0 Å². The Labute approximate surface area is 208 Å². The number of benzene rings is 3. The van der Waals surface area contributed by atoms with Crippen molar-refractivity contribution < 1.29 is 33.3 Å². The molecule has 0 saturated carbocycles. The molecule has 0 unspecified atom stereocenters. The lowest BCUT2D eigenvalue weighted by molar-refractivity contribution is -0.140. The second-order valence-electron chi connectivity index (χ2n) is 8.18. The summed E-state index contributed by atoms with van der Waals surface area (Å²) in [7, 11) is 2.82. The summed E-state index contributed by atoms with van der Waals surface area (Å²) < 4.78 is 30.2. The van der Waals surface area contributed by atoms with Crippen LogP contribution in [0.25, 0.3) is 5.76 Å². The first-order valence-corrected chi connectivity index (χ1v) is 11.3. The quantitative estimate of drug-likeness (QED) is 0.270. The number of nitrogens with zero attached hydrogens (tertiary/aromatic N) is 1. The van der Waals surface area contributed by atoms with Crippen molar-refractivity contribution in [2.24, 2.45) is 0 Å². The molecule has 1 heterocycles. The Morgan fingerprint density at radius 1 is 1.00 bits per heavy atom. The molecule has 0 spiro atoms. The lowest BCUT2D eigenvalue weighted by atomic mass is 9.95. The van der Waals surface area contributed by atoms with Crippen LogP contribution < -0.4 is 9.47 Å². The summed E-state index contributed by atoms with van der Waals surface area (Å²) in [5.41, 5.74) is 1.54. The van der Waals surface area contributed by atoms with Crippen molar-refractivity contribution in [3.8, 4) is 11.5 Å². The number of likely N-dealkylation sites (tertiary alicyclic amines) is 1. The Balaban J connectivity index is 1.69. The number of carbonyl (C=O) groups excluding carboxylic acids is 2. The summed E-state index contributed by atoms with van der Waals surface area (Å²) in [5.74, 6) is -2.19. The van der Waals surface area contributed by atoms with Gasteiger partial charge in [0.05, 0.1) is 25.3 Å². The number of methoxy groups -OCH3 is 2. The number of hydrogen-bond donors (Lipinski definition) is 1. The largest absolute Gasteiger partial charge is 0.507 e. The van der Waals surface area contributed by atoms with Crippen molar-refractivity contribution in [2.45, 2.75) is 12.6 Å². The monoisotopic (exact) mass is 491 g/mol. The lowest BCUT2D eigenvalue weighted by Gasteiger charge is -2.25. The number of Topliss-reactive ketones (excluding diaryl/α,β-unsaturated/α-hetero) is 1. The second-order valence-corrected chi connectivity index (χ2v) is 8.18. The van der Waals surface area contributed by atoms with Gasteiger partial charge in [0.1, 0.15) is 18.1 Å². The Morgan fingerprint density at radius 3 is 2.36 bits per heavy atom. The number of ether oxygens (including phenoxy) is 3. The average molecular weight is 492 g/mol. The van der Waals surface area contributed by atoms with Gasteiger partial charge in [0.15, 0.2) is 11.6 Å². The zero-order valence-corrected chi connectivity index (χ0v) is 19.9. The lowest BCUT2D eigenvalue weighted by Crippen LogP contribution is -2.32. The number of hydrogen-bond acceptors (Lipinski definition) is 6. The fourth-order valence-electron chi connectivity index (χ4n) is 4.10. The van der Waals surface area contributed by atoms with Crippen LogP contribution >= 0.6 is 0 Å². The first kappa shape index (κ1) is 24.9. The van der Waals surface area contributed by atoms with Gasteiger partial charge in [-0.2, -0.15) is 0 Å². The van der Waals surface area contributed by atoms with Crippen LogP contribution in [0.15, 0.2) is 78.4 Å². The third kappa shape index (κ3) is 5.08. The summed E-state index contributed by atoms with van der Waals surface area (Å²) in [6, 6.07) is 19.6. The van der Waals surface area contributed by atoms with Gasteiger partial charge < -0.3 is 24.2 Å². The Hall–Kier alpha value is -4.17. The molecule has 4 rings (SSSR count). The van der Waals surface area contributed by atoms with Crippen LogP contribution in [-0.4, -0.2) is 49.1 Å². The van der Waals surface area contributed by atoms with Gasteiger partial charge in [-0.15, -0.1) is 0 Å². The normalized spacial score (nSPS) is 16.9. The number of aliphatic hydroxyl groups is 1. The van der Waals surface area contributed by atoms with Gasteiger partial charge in [-0.25, -0.2) is 4.39 Å². The molecule has 0 radical (unpaired) electrons. The second kappa shape index (κ2) is 11.0. The molecular weight excluding hydrogens is 465 g/mol. The molecule has 1 N–H and O–H groups in total. The highest BCUT2D eigenvalue weighted by atomic mass is 19.1. The summed E-state index contributed by atoms with van der Waals surface area (Å²) >= 11 is 0. The van der Waals surface area contributed by atoms with E-state index >= 15 is 0 Å². The molecular formula is C28H26FNO6. The number of aliphatic hydroxyl groups excluding tert-OH is 1. The molecule has 36 heavy (non-hydrogen) atoms. The Kier molecular flexibility index (Phi) is 7.65. The van der Waals surface area contributed by atoms with Crippen molar-refractivity contribution in [1.29, 1.82) is 0 Å². The Morgan fingerprint density at radius 2 is 1.72 bits per heavy atom. The van der Waals surface area contributed by atoms with Crippen molar-refractivity contribution in [3.63, 3.8) is 0 Å². The van der Waals surface area contributed by atoms with Crippen LogP contribution in [0.1, 0.15) is 22.7 Å². The minimum atomic E-state index is -0.881. The van der Waals surface area contributed by atoms with Crippen molar-refractivity contribution in [2.75, 3.05) is 27.4 Å². The number of ketones is 1. The molecule has 1 aliphatic rings. The van der Waals surface area contributed by atoms with Crippen molar-refractivity contribution in [1.82, 2.24) is 4.90 Å². The number of halogens is 1. The standard InChI is InChI=1S/C28H26FNO6/c1-34-15-14-30-25(19-8-11-21(12-9-19)36-17-18-6-4-3-5-7-18)24(27(32)28(30)33)26(31)20-10-13-23(35-2)22(29)16-20/h3-13,16,25,31H,14-15,17H2,1-2H3/t25-/m0/s1. The van der Waals surface area contributed by atoms with Gasteiger partial charge in [-0.3, -0.25) is 9.59 Å². The van der Waals surface area contributed by atoms with Gasteiger partial charge in [0.25, 0.3) is 11.7 Å². The molecule has 186 valence electrons. The van der Waals surface area contributed by atoms with E-state index in [0.29, 0.717) is 17.9 Å². The highest BCUT2D eigenvalue weighted by Crippen LogP contribution is 2.40. The van der Waals surface area contributed by atoms with E-state index in [-0.39, 0.29) is 30.0 Å². The maximum absolute atomic E-state index is 14.3. The smallest absolute Gasteiger partial charge is 0.295 e. The number of rotatable bonds is 9. The molecule has 1 fully saturated rings. The zero-order valence-electron chi connectivity index (χ0n) is 19.9. The Bertz CT molecular complexity index is 1270. The molecule has 0 aromatic heterocycles. The van der Waals surface area contributed by atoms with Crippen molar-refractivity contribution >= 4 is 17.4 Å². The minimum absolute atomic E-state index is 0.00487. The van der Waals surface area contributed by atoms with E-state index in [1.54, 1.807) is 24.3 Å². The molecule has 1 amide bonds. The van der Waals surface area contributed by atoms with Crippen LogP contribution in [0.2, 0.25) is 0 Å². The fraction of sp³-hybridized carbons (Fsp3) is 0.214. The van der Waals surface area contributed by atoms with Gasteiger partial charge >= 0.3 is 0 Å². The summed E-state index contributed by atoms with van der Waals surface area (Å²) in [6.45, 7) is 0.709. The maximum atomic E-state index is 14.3. The fourth-order valence-corrected chi connectivity index (χ4v) is 4.10. The van der Waals surface area contributed by atoms with Crippen LogP contribution in [0.4, 0.5) is 4.39 Å². The van der Waals surface area contributed by atoms with Gasteiger partial charge in [-0.1, -0.05) is 42.5 Å². The highest BCUT2D eigenvalue weighted by Gasteiger charge is 2.45. The van der Waals surface area contributed by atoms with Gasteiger partial charge in [0.2, 0.25) is 0 Å². The molecule has 8 heteroatoms. The molecule has 3 aromatic rings. The molecule has 7 nitrogen and oxygen atoms in total.